The van der Waals surface area contributed by atoms with Crippen molar-refractivity contribution in [1.82, 2.24) is 9.80 Å². The highest BCUT2D eigenvalue weighted by molar-refractivity contribution is 4.92. The first-order valence-electron chi connectivity index (χ1n) is 7.47. The van der Waals surface area contributed by atoms with Gasteiger partial charge in [-0.05, 0) is 58.0 Å². The van der Waals surface area contributed by atoms with E-state index in [0.717, 1.165) is 18.0 Å². The van der Waals surface area contributed by atoms with Crippen LogP contribution in [0.25, 0.3) is 0 Å². The molecule has 98 valence electrons. The minimum Gasteiger partial charge on any atom is -0.328 e. The van der Waals surface area contributed by atoms with E-state index in [2.05, 4.69) is 16.7 Å². The van der Waals surface area contributed by atoms with E-state index in [-0.39, 0.29) is 0 Å². The lowest BCUT2D eigenvalue weighted by molar-refractivity contribution is 0.142. The second-order valence-electron chi connectivity index (χ2n) is 6.39. The molecular formula is C14H27N3. The van der Waals surface area contributed by atoms with Crippen molar-refractivity contribution in [1.29, 1.82) is 0 Å². The Hall–Kier alpha value is -0.120. The third-order valence-electron chi connectivity index (χ3n) is 5.17. The predicted molar refractivity (Wildman–Crippen MR) is 70.9 cm³/mol. The average Bonchev–Trinajstić information content (AvgIpc) is 3.07. The Morgan fingerprint density at radius 1 is 1.00 bits per heavy atom. The Bertz CT molecular complexity index is 256. The van der Waals surface area contributed by atoms with Crippen LogP contribution in [0.5, 0.6) is 0 Å². The highest BCUT2D eigenvalue weighted by atomic mass is 15.3. The van der Waals surface area contributed by atoms with Crippen LogP contribution in [0.4, 0.5) is 0 Å². The summed E-state index contributed by atoms with van der Waals surface area (Å²) in [6, 6.07) is 2.13. The molecule has 2 unspecified atom stereocenters. The highest BCUT2D eigenvalue weighted by Crippen LogP contribution is 2.36. The largest absolute Gasteiger partial charge is 0.328 e. The molecule has 2 heterocycles. The minimum atomic E-state index is 0.467. The van der Waals surface area contributed by atoms with E-state index >= 15 is 0 Å². The quantitative estimate of drug-likeness (QED) is 0.802. The highest BCUT2D eigenvalue weighted by Gasteiger charge is 2.37. The van der Waals surface area contributed by atoms with Crippen molar-refractivity contribution in [3.63, 3.8) is 0 Å². The van der Waals surface area contributed by atoms with Gasteiger partial charge in [0.2, 0.25) is 0 Å². The summed E-state index contributed by atoms with van der Waals surface area (Å²) < 4.78 is 0. The number of piperidine rings is 1. The maximum atomic E-state index is 5.98. The fourth-order valence-corrected chi connectivity index (χ4v) is 3.60. The van der Waals surface area contributed by atoms with Gasteiger partial charge in [-0.25, -0.2) is 0 Å². The van der Waals surface area contributed by atoms with Gasteiger partial charge in [0, 0.05) is 31.2 Å². The van der Waals surface area contributed by atoms with Crippen molar-refractivity contribution in [2.45, 2.75) is 57.2 Å². The zero-order chi connectivity index (χ0) is 11.8. The zero-order valence-electron chi connectivity index (χ0n) is 11.1. The van der Waals surface area contributed by atoms with Gasteiger partial charge in [-0.15, -0.1) is 0 Å². The number of rotatable bonds is 3. The van der Waals surface area contributed by atoms with Crippen LogP contribution in [0.3, 0.4) is 0 Å². The normalized spacial score (nSPS) is 35.3. The molecule has 0 aromatic rings. The summed E-state index contributed by atoms with van der Waals surface area (Å²) in [5, 5.41) is 0. The fraction of sp³-hybridized carbons (Fsp3) is 1.00. The van der Waals surface area contributed by atoms with E-state index in [1.54, 1.807) is 0 Å². The molecule has 2 aliphatic heterocycles. The molecule has 1 aliphatic carbocycles. The van der Waals surface area contributed by atoms with E-state index in [1.165, 1.54) is 58.3 Å². The van der Waals surface area contributed by atoms with Crippen LogP contribution < -0.4 is 5.73 Å². The first-order chi connectivity index (χ1) is 8.24. The molecular weight excluding hydrogens is 210 g/mol. The summed E-state index contributed by atoms with van der Waals surface area (Å²) in [6.45, 7) is 7.54. The Balaban J connectivity index is 1.49. The van der Waals surface area contributed by atoms with Crippen LogP contribution in [0, 0.1) is 5.92 Å². The fourth-order valence-electron chi connectivity index (χ4n) is 3.60. The molecule has 0 amide bonds. The van der Waals surface area contributed by atoms with Gasteiger partial charge >= 0.3 is 0 Å². The summed E-state index contributed by atoms with van der Waals surface area (Å²) in [6.07, 6.45) is 6.73. The van der Waals surface area contributed by atoms with Crippen LogP contribution in [-0.4, -0.2) is 54.1 Å². The maximum absolute atomic E-state index is 5.98. The van der Waals surface area contributed by atoms with E-state index in [4.69, 9.17) is 5.73 Å². The van der Waals surface area contributed by atoms with Crippen molar-refractivity contribution >= 4 is 0 Å². The van der Waals surface area contributed by atoms with Crippen molar-refractivity contribution < 1.29 is 0 Å². The SMILES string of the molecule is CC(C1CC1)N1CCC(N2CCC(N)CC2)C1. The molecule has 0 spiro atoms. The Morgan fingerprint density at radius 2 is 1.71 bits per heavy atom. The van der Waals surface area contributed by atoms with Gasteiger partial charge in [0.25, 0.3) is 0 Å². The zero-order valence-corrected chi connectivity index (χ0v) is 11.1. The van der Waals surface area contributed by atoms with E-state index in [1.807, 2.05) is 0 Å². The summed E-state index contributed by atoms with van der Waals surface area (Å²) in [5.41, 5.74) is 5.98. The van der Waals surface area contributed by atoms with Crippen LogP contribution >= 0.6 is 0 Å². The molecule has 2 N–H and O–H groups in total. The van der Waals surface area contributed by atoms with Crippen molar-refractivity contribution in [3.05, 3.63) is 0 Å². The van der Waals surface area contributed by atoms with Crippen LogP contribution in [0.2, 0.25) is 0 Å². The molecule has 3 nitrogen and oxygen atoms in total. The van der Waals surface area contributed by atoms with Crippen LogP contribution in [0.1, 0.15) is 39.0 Å². The van der Waals surface area contributed by atoms with E-state index in [9.17, 15) is 0 Å². The van der Waals surface area contributed by atoms with E-state index < -0.39 is 0 Å². The predicted octanol–water partition coefficient (Wildman–Crippen LogP) is 1.28. The molecule has 2 saturated heterocycles. The topological polar surface area (TPSA) is 32.5 Å². The third-order valence-corrected chi connectivity index (χ3v) is 5.17. The molecule has 1 saturated carbocycles. The lowest BCUT2D eigenvalue weighted by atomic mass is 10.0. The van der Waals surface area contributed by atoms with Crippen molar-refractivity contribution in [2.24, 2.45) is 11.7 Å². The van der Waals surface area contributed by atoms with Crippen molar-refractivity contribution in [3.8, 4) is 0 Å². The number of hydrogen-bond donors (Lipinski definition) is 1. The Morgan fingerprint density at radius 3 is 2.35 bits per heavy atom. The first kappa shape index (κ1) is 11.9. The first-order valence-corrected chi connectivity index (χ1v) is 7.47. The maximum Gasteiger partial charge on any atom is 0.0235 e. The lowest BCUT2D eigenvalue weighted by Crippen LogP contribution is -2.46. The van der Waals surface area contributed by atoms with Gasteiger partial charge in [0.1, 0.15) is 0 Å². The standard InChI is InChI=1S/C14H27N3/c1-11(12-2-3-12)17-9-6-14(10-17)16-7-4-13(15)5-8-16/h11-14H,2-10,15H2,1H3. The van der Waals surface area contributed by atoms with Gasteiger partial charge in [-0.3, -0.25) is 9.80 Å². The summed E-state index contributed by atoms with van der Waals surface area (Å²) in [7, 11) is 0. The summed E-state index contributed by atoms with van der Waals surface area (Å²) in [5.74, 6) is 1.02. The Kier molecular flexibility index (Phi) is 3.42. The molecule has 0 bridgehead atoms. The number of nitrogens with two attached hydrogens (primary N) is 1. The van der Waals surface area contributed by atoms with Gasteiger partial charge in [0.05, 0.1) is 0 Å². The molecule has 2 atom stereocenters. The second-order valence-corrected chi connectivity index (χ2v) is 6.39. The number of likely N-dealkylation sites (tertiary alicyclic amines) is 2. The molecule has 17 heavy (non-hydrogen) atoms. The monoisotopic (exact) mass is 237 g/mol. The molecule has 3 aliphatic rings. The minimum absolute atomic E-state index is 0.467. The molecule has 3 rings (SSSR count). The molecule has 0 aromatic carbocycles. The molecule has 0 aromatic heterocycles. The number of hydrogen-bond acceptors (Lipinski definition) is 3. The average molecular weight is 237 g/mol. The van der Waals surface area contributed by atoms with Gasteiger partial charge in [-0.2, -0.15) is 0 Å². The van der Waals surface area contributed by atoms with Crippen LogP contribution in [0.15, 0.2) is 0 Å². The second kappa shape index (κ2) is 4.87. The number of nitrogens with zero attached hydrogens (tertiary/aromatic N) is 2. The molecule has 3 heteroatoms. The van der Waals surface area contributed by atoms with E-state index in [0.29, 0.717) is 6.04 Å². The molecule has 3 fully saturated rings. The van der Waals surface area contributed by atoms with Gasteiger partial charge in [-0.1, -0.05) is 0 Å². The third kappa shape index (κ3) is 2.67. The van der Waals surface area contributed by atoms with Crippen molar-refractivity contribution in [2.75, 3.05) is 26.2 Å². The smallest absolute Gasteiger partial charge is 0.0235 e. The lowest BCUT2D eigenvalue weighted by Gasteiger charge is -2.35. The van der Waals surface area contributed by atoms with Gasteiger partial charge < -0.3 is 5.73 Å². The van der Waals surface area contributed by atoms with Crippen LogP contribution in [-0.2, 0) is 0 Å². The summed E-state index contributed by atoms with van der Waals surface area (Å²) in [4.78, 5) is 5.43. The molecule has 0 radical (unpaired) electrons. The summed E-state index contributed by atoms with van der Waals surface area (Å²) >= 11 is 0. The van der Waals surface area contributed by atoms with Gasteiger partial charge in [0.15, 0.2) is 0 Å². The Labute approximate surface area is 105 Å².